The number of methoxy groups -OCH3 is 1. The van der Waals surface area contributed by atoms with Crippen molar-refractivity contribution in [1.29, 1.82) is 0 Å². The summed E-state index contributed by atoms with van der Waals surface area (Å²) < 4.78 is 30.8. The fraction of sp³-hybridized carbons (Fsp3) is 0.588. The highest BCUT2D eigenvalue weighted by Crippen LogP contribution is 2.21. The van der Waals surface area contributed by atoms with Crippen LogP contribution in [0.4, 0.5) is 0 Å². The number of amides is 1. The van der Waals surface area contributed by atoms with Crippen LogP contribution in [0.5, 0.6) is 5.75 Å². The number of benzene rings is 1. The second-order valence-corrected chi connectivity index (χ2v) is 8.08. The molecule has 6 nitrogen and oxygen atoms in total. The van der Waals surface area contributed by atoms with Gasteiger partial charge >= 0.3 is 0 Å². The standard InChI is InChI=1S/C17H26N2O4S/c1-4-14-13-15(7-8-16(14)23-3)17(20)18-9-6-10-19(12-11-18)24(21,22)5-2/h7-8,13H,4-6,9-12H2,1-3H3. The van der Waals surface area contributed by atoms with E-state index in [9.17, 15) is 13.2 Å². The molecule has 1 heterocycles. The number of hydrogen-bond acceptors (Lipinski definition) is 4. The number of carbonyl (C=O) groups is 1. The number of carbonyl (C=O) groups excluding carboxylic acids is 1. The van der Waals surface area contributed by atoms with Crippen molar-refractivity contribution in [3.05, 3.63) is 29.3 Å². The van der Waals surface area contributed by atoms with Crippen LogP contribution < -0.4 is 4.74 Å². The summed E-state index contributed by atoms with van der Waals surface area (Å²) in [5.41, 5.74) is 1.62. The van der Waals surface area contributed by atoms with Gasteiger partial charge in [0.1, 0.15) is 5.75 Å². The topological polar surface area (TPSA) is 66.9 Å². The van der Waals surface area contributed by atoms with Gasteiger partial charge in [-0.1, -0.05) is 6.92 Å². The molecule has 1 aromatic carbocycles. The maximum Gasteiger partial charge on any atom is 0.253 e. The van der Waals surface area contributed by atoms with Crippen LogP contribution in [0.2, 0.25) is 0 Å². The molecule has 1 aliphatic rings. The van der Waals surface area contributed by atoms with Crippen LogP contribution in [0.3, 0.4) is 0 Å². The highest BCUT2D eigenvalue weighted by molar-refractivity contribution is 7.89. The van der Waals surface area contributed by atoms with Gasteiger partial charge in [0.15, 0.2) is 0 Å². The predicted molar refractivity (Wildman–Crippen MR) is 93.9 cm³/mol. The van der Waals surface area contributed by atoms with Crippen molar-refractivity contribution in [1.82, 2.24) is 9.21 Å². The zero-order chi connectivity index (χ0) is 17.7. The third-order valence-electron chi connectivity index (χ3n) is 4.41. The van der Waals surface area contributed by atoms with Gasteiger partial charge in [-0.05, 0) is 43.5 Å². The molecule has 1 fully saturated rings. The van der Waals surface area contributed by atoms with Gasteiger partial charge in [0.2, 0.25) is 10.0 Å². The molecular formula is C17H26N2O4S. The van der Waals surface area contributed by atoms with E-state index >= 15 is 0 Å². The molecule has 134 valence electrons. The summed E-state index contributed by atoms with van der Waals surface area (Å²) in [6.45, 7) is 5.49. The minimum atomic E-state index is -3.20. The SMILES string of the molecule is CCc1cc(C(=O)N2CCCN(S(=O)(=O)CC)CC2)ccc1OC. The van der Waals surface area contributed by atoms with E-state index in [4.69, 9.17) is 4.74 Å². The van der Waals surface area contributed by atoms with Gasteiger partial charge in [-0.15, -0.1) is 0 Å². The first kappa shape index (κ1) is 18.7. The minimum Gasteiger partial charge on any atom is -0.496 e. The molecule has 0 N–H and O–H groups in total. The maximum atomic E-state index is 12.8. The van der Waals surface area contributed by atoms with Crippen molar-refractivity contribution in [3.8, 4) is 5.75 Å². The summed E-state index contributed by atoms with van der Waals surface area (Å²) in [6.07, 6.45) is 1.44. The number of sulfonamides is 1. The number of rotatable bonds is 5. The van der Waals surface area contributed by atoms with Crippen LogP contribution in [-0.2, 0) is 16.4 Å². The van der Waals surface area contributed by atoms with Gasteiger partial charge in [-0.25, -0.2) is 12.7 Å². The van der Waals surface area contributed by atoms with Crippen molar-refractivity contribution >= 4 is 15.9 Å². The normalized spacial score (nSPS) is 16.7. The van der Waals surface area contributed by atoms with E-state index in [1.165, 1.54) is 4.31 Å². The highest BCUT2D eigenvalue weighted by atomic mass is 32.2. The molecule has 0 radical (unpaired) electrons. The summed E-state index contributed by atoms with van der Waals surface area (Å²) in [5, 5.41) is 0. The van der Waals surface area contributed by atoms with Crippen LogP contribution >= 0.6 is 0 Å². The van der Waals surface area contributed by atoms with E-state index in [0.717, 1.165) is 17.7 Å². The lowest BCUT2D eigenvalue weighted by molar-refractivity contribution is 0.0764. The fourth-order valence-electron chi connectivity index (χ4n) is 2.93. The second kappa shape index (κ2) is 7.98. The van der Waals surface area contributed by atoms with Crippen molar-refractivity contribution in [2.24, 2.45) is 0 Å². The number of ether oxygens (including phenoxy) is 1. The molecule has 0 atom stereocenters. The van der Waals surface area contributed by atoms with Crippen molar-refractivity contribution in [3.63, 3.8) is 0 Å². The van der Waals surface area contributed by atoms with Crippen LogP contribution in [-0.4, -0.2) is 62.6 Å². The van der Waals surface area contributed by atoms with E-state index in [1.807, 2.05) is 19.1 Å². The Morgan fingerprint density at radius 2 is 1.92 bits per heavy atom. The zero-order valence-electron chi connectivity index (χ0n) is 14.6. The van der Waals surface area contributed by atoms with Crippen LogP contribution in [0.25, 0.3) is 0 Å². The fourth-order valence-corrected chi connectivity index (χ4v) is 4.06. The van der Waals surface area contributed by atoms with Gasteiger partial charge < -0.3 is 9.64 Å². The highest BCUT2D eigenvalue weighted by Gasteiger charge is 2.26. The Kier molecular flexibility index (Phi) is 6.23. The molecule has 0 aromatic heterocycles. The third-order valence-corrected chi connectivity index (χ3v) is 6.29. The van der Waals surface area contributed by atoms with E-state index in [2.05, 4.69) is 0 Å². The van der Waals surface area contributed by atoms with Gasteiger partial charge in [-0.2, -0.15) is 0 Å². The maximum absolute atomic E-state index is 12.8. The molecule has 0 saturated carbocycles. The Balaban J connectivity index is 2.13. The van der Waals surface area contributed by atoms with Crippen molar-refractivity contribution in [2.45, 2.75) is 26.7 Å². The quantitative estimate of drug-likeness (QED) is 0.808. The molecule has 1 aliphatic heterocycles. The molecule has 7 heteroatoms. The lowest BCUT2D eigenvalue weighted by Gasteiger charge is -2.22. The van der Waals surface area contributed by atoms with E-state index in [1.54, 1.807) is 25.0 Å². The Morgan fingerprint density at radius 3 is 2.54 bits per heavy atom. The van der Waals surface area contributed by atoms with Gasteiger partial charge in [0, 0.05) is 31.7 Å². The number of hydrogen-bond donors (Lipinski definition) is 0. The molecule has 0 spiro atoms. The van der Waals surface area contributed by atoms with Crippen molar-refractivity contribution < 1.29 is 17.9 Å². The molecule has 0 bridgehead atoms. The first-order valence-corrected chi connectivity index (χ1v) is 9.97. The van der Waals surface area contributed by atoms with E-state index < -0.39 is 10.0 Å². The zero-order valence-corrected chi connectivity index (χ0v) is 15.4. The molecular weight excluding hydrogens is 328 g/mol. The molecule has 0 unspecified atom stereocenters. The van der Waals surface area contributed by atoms with Gasteiger partial charge in [0.05, 0.1) is 12.9 Å². The smallest absolute Gasteiger partial charge is 0.253 e. The number of aryl methyl sites for hydroxylation is 1. The van der Waals surface area contributed by atoms with Crippen molar-refractivity contribution in [2.75, 3.05) is 39.0 Å². The molecule has 1 aromatic rings. The van der Waals surface area contributed by atoms with Gasteiger partial charge in [-0.3, -0.25) is 4.79 Å². The Bertz CT molecular complexity index is 688. The largest absolute Gasteiger partial charge is 0.496 e. The summed E-state index contributed by atoms with van der Waals surface area (Å²) >= 11 is 0. The first-order chi connectivity index (χ1) is 11.4. The number of nitrogens with zero attached hydrogens (tertiary/aromatic N) is 2. The minimum absolute atomic E-state index is 0.0527. The predicted octanol–water partition coefficient (Wildman–Crippen LogP) is 1.76. The summed E-state index contributed by atoms with van der Waals surface area (Å²) in [5.74, 6) is 0.826. The monoisotopic (exact) mass is 354 g/mol. The van der Waals surface area contributed by atoms with Crippen LogP contribution in [0.1, 0.15) is 36.2 Å². The first-order valence-electron chi connectivity index (χ1n) is 8.37. The average Bonchev–Trinajstić information content (AvgIpc) is 2.87. The molecule has 24 heavy (non-hydrogen) atoms. The van der Waals surface area contributed by atoms with E-state index in [-0.39, 0.29) is 11.7 Å². The average molecular weight is 354 g/mol. The van der Waals surface area contributed by atoms with E-state index in [0.29, 0.717) is 38.2 Å². The summed E-state index contributed by atoms with van der Waals surface area (Å²) in [7, 11) is -1.58. The molecule has 2 rings (SSSR count). The summed E-state index contributed by atoms with van der Waals surface area (Å²) in [4.78, 5) is 14.5. The van der Waals surface area contributed by atoms with Crippen LogP contribution in [0, 0.1) is 0 Å². The Hall–Kier alpha value is -1.60. The molecule has 1 saturated heterocycles. The Morgan fingerprint density at radius 1 is 1.17 bits per heavy atom. The second-order valence-electron chi connectivity index (χ2n) is 5.83. The lowest BCUT2D eigenvalue weighted by atomic mass is 10.1. The van der Waals surface area contributed by atoms with Gasteiger partial charge in [0.25, 0.3) is 5.91 Å². The Labute approximate surface area is 144 Å². The molecule has 0 aliphatic carbocycles. The third kappa shape index (κ3) is 4.08. The summed E-state index contributed by atoms with van der Waals surface area (Å²) in [6, 6.07) is 5.45. The van der Waals surface area contributed by atoms with Crippen LogP contribution in [0.15, 0.2) is 18.2 Å². The lowest BCUT2D eigenvalue weighted by Crippen LogP contribution is -2.38. The molecule has 1 amide bonds.